The van der Waals surface area contributed by atoms with Crippen LogP contribution in [0.15, 0.2) is 66.7 Å². The first-order chi connectivity index (χ1) is 13.3. The molecule has 0 radical (unpaired) electrons. The third-order valence-electron chi connectivity index (χ3n) is 5.52. The molecule has 0 unspecified atom stereocenters. The molecule has 3 aromatic carbocycles. The molecule has 0 saturated carbocycles. The largest absolute Gasteiger partial charge is 0.290 e. The summed E-state index contributed by atoms with van der Waals surface area (Å²) in [6.45, 7) is 11.2. The van der Waals surface area contributed by atoms with Crippen molar-refractivity contribution >= 4 is 11.0 Å². The number of aryl methyl sites for hydroxylation is 3. The molecular formula is C26H29N2+. The number of fused-ring (bicyclic) bond motifs is 1. The molecule has 0 aliphatic carbocycles. The van der Waals surface area contributed by atoms with Crippen molar-refractivity contribution in [3.05, 3.63) is 77.9 Å². The van der Waals surface area contributed by atoms with Gasteiger partial charge in [0.2, 0.25) is 0 Å². The van der Waals surface area contributed by atoms with E-state index < -0.39 is 0 Å². The van der Waals surface area contributed by atoms with Crippen LogP contribution in [-0.2, 0) is 12.6 Å². The van der Waals surface area contributed by atoms with Gasteiger partial charge in [-0.1, -0.05) is 48.5 Å². The Morgan fingerprint density at radius 3 is 2.18 bits per heavy atom. The molecule has 28 heavy (non-hydrogen) atoms. The number of imidazole rings is 1. The summed E-state index contributed by atoms with van der Waals surface area (Å²) in [4.78, 5) is 0. The molecule has 1 heterocycles. The number of hydrogen-bond donors (Lipinski definition) is 0. The van der Waals surface area contributed by atoms with Gasteiger partial charge in [0, 0.05) is 0 Å². The zero-order chi connectivity index (χ0) is 20.1. The molecule has 2 nitrogen and oxygen atoms in total. The van der Waals surface area contributed by atoms with Gasteiger partial charge in [-0.3, -0.25) is 0 Å². The van der Waals surface area contributed by atoms with Gasteiger partial charge in [-0.2, -0.15) is 0 Å². The van der Waals surface area contributed by atoms with Crippen molar-refractivity contribution in [3.63, 3.8) is 0 Å². The minimum absolute atomic E-state index is 0.0285. The van der Waals surface area contributed by atoms with Crippen LogP contribution in [0.2, 0.25) is 0 Å². The molecule has 1 aromatic heterocycles. The zero-order valence-electron chi connectivity index (χ0n) is 17.7. The van der Waals surface area contributed by atoms with Gasteiger partial charge in [-0.05, 0) is 75.1 Å². The third-order valence-corrected chi connectivity index (χ3v) is 5.52. The Kier molecular flexibility index (Phi) is 4.38. The second kappa shape index (κ2) is 6.63. The van der Waals surface area contributed by atoms with Crippen molar-refractivity contribution in [2.24, 2.45) is 7.05 Å². The topological polar surface area (TPSA) is 8.81 Å². The number of nitrogens with zero attached hydrogens (tertiary/aromatic N) is 2. The average molecular weight is 370 g/mol. The van der Waals surface area contributed by atoms with Crippen molar-refractivity contribution in [2.45, 2.75) is 40.2 Å². The second-order valence-corrected chi connectivity index (χ2v) is 8.78. The Morgan fingerprint density at radius 1 is 0.786 bits per heavy atom. The van der Waals surface area contributed by atoms with E-state index in [4.69, 9.17) is 0 Å². The van der Waals surface area contributed by atoms with E-state index in [1.54, 1.807) is 0 Å². The first kappa shape index (κ1) is 18.5. The molecule has 0 amide bonds. The lowest BCUT2D eigenvalue weighted by Gasteiger charge is -2.19. The van der Waals surface area contributed by atoms with Crippen LogP contribution in [0.1, 0.15) is 31.9 Å². The van der Waals surface area contributed by atoms with E-state index in [0.717, 1.165) is 0 Å². The van der Waals surface area contributed by atoms with Gasteiger partial charge in [0.1, 0.15) is 5.54 Å². The Morgan fingerprint density at radius 2 is 1.50 bits per heavy atom. The van der Waals surface area contributed by atoms with Crippen molar-refractivity contribution in [1.82, 2.24) is 4.57 Å². The number of hydrogen-bond acceptors (Lipinski definition) is 0. The van der Waals surface area contributed by atoms with Gasteiger partial charge in [-0.15, -0.1) is 0 Å². The predicted octanol–water partition coefficient (Wildman–Crippen LogP) is 6.17. The van der Waals surface area contributed by atoms with E-state index in [1.807, 2.05) is 0 Å². The molecule has 142 valence electrons. The molecule has 0 fully saturated rings. The molecule has 4 rings (SSSR count). The summed E-state index contributed by atoms with van der Waals surface area (Å²) < 4.78 is 4.84. The summed E-state index contributed by atoms with van der Waals surface area (Å²) in [6.07, 6.45) is 0. The van der Waals surface area contributed by atoms with Gasteiger partial charge < -0.3 is 0 Å². The average Bonchev–Trinajstić information content (AvgIpc) is 2.95. The summed E-state index contributed by atoms with van der Waals surface area (Å²) in [5.41, 5.74) is 8.89. The maximum absolute atomic E-state index is 2.48. The van der Waals surface area contributed by atoms with Crippen molar-refractivity contribution < 1.29 is 4.57 Å². The fourth-order valence-electron chi connectivity index (χ4n) is 4.12. The van der Waals surface area contributed by atoms with Crippen LogP contribution in [-0.4, -0.2) is 4.57 Å². The summed E-state index contributed by atoms with van der Waals surface area (Å²) in [7, 11) is 2.19. The molecule has 0 atom stereocenters. The lowest BCUT2D eigenvalue weighted by Crippen LogP contribution is -2.33. The van der Waals surface area contributed by atoms with Crippen LogP contribution in [0.4, 0.5) is 0 Å². The maximum atomic E-state index is 2.48. The van der Waals surface area contributed by atoms with Crippen LogP contribution in [0, 0.1) is 13.8 Å². The summed E-state index contributed by atoms with van der Waals surface area (Å²) in [5.74, 6) is 1.25. The quantitative estimate of drug-likeness (QED) is 0.374. The number of aromatic nitrogens is 2. The second-order valence-electron chi connectivity index (χ2n) is 8.78. The van der Waals surface area contributed by atoms with Crippen molar-refractivity contribution in [1.29, 1.82) is 0 Å². The SMILES string of the molecule is Cc1ccc2c(c1)[n+](C)c(-c1cc(-c3ccccc3)ccc1C)n2C(C)(C)C. The minimum atomic E-state index is -0.0285. The summed E-state index contributed by atoms with van der Waals surface area (Å²) in [5, 5.41) is 0. The van der Waals surface area contributed by atoms with E-state index in [9.17, 15) is 0 Å². The van der Waals surface area contributed by atoms with Gasteiger partial charge in [0.25, 0.3) is 5.82 Å². The molecule has 0 bridgehead atoms. The van der Waals surface area contributed by atoms with Gasteiger partial charge in [0.05, 0.1) is 12.6 Å². The molecule has 4 aromatic rings. The van der Waals surface area contributed by atoms with Crippen LogP contribution in [0.25, 0.3) is 33.5 Å². The third kappa shape index (κ3) is 3.03. The number of rotatable bonds is 2. The Balaban J connectivity index is 2.06. The Labute approximate surface area is 168 Å². The highest BCUT2D eigenvalue weighted by Gasteiger charge is 2.33. The van der Waals surface area contributed by atoms with E-state index in [1.165, 1.54) is 44.7 Å². The summed E-state index contributed by atoms with van der Waals surface area (Å²) >= 11 is 0. The van der Waals surface area contributed by atoms with Gasteiger partial charge >= 0.3 is 0 Å². The maximum Gasteiger partial charge on any atom is 0.290 e. The molecular weight excluding hydrogens is 340 g/mol. The minimum Gasteiger partial charge on any atom is -0.226 e. The van der Waals surface area contributed by atoms with E-state index in [0.29, 0.717) is 0 Å². The molecule has 0 N–H and O–H groups in total. The fraction of sp³-hybridized carbons (Fsp3) is 0.269. The van der Waals surface area contributed by atoms with E-state index in [2.05, 4.69) is 118 Å². The smallest absolute Gasteiger partial charge is 0.226 e. The molecule has 0 spiro atoms. The zero-order valence-corrected chi connectivity index (χ0v) is 17.7. The first-order valence-electron chi connectivity index (χ1n) is 9.95. The lowest BCUT2D eigenvalue weighted by molar-refractivity contribution is -0.634. The number of benzene rings is 3. The highest BCUT2D eigenvalue weighted by Crippen LogP contribution is 2.34. The van der Waals surface area contributed by atoms with Crippen molar-refractivity contribution in [2.75, 3.05) is 0 Å². The van der Waals surface area contributed by atoms with Crippen LogP contribution in [0.5, 0.6) is 0 Å². The molecule has 0 aliphatic rings. The van der Waals surface area contributed by atoms with Crippen molar-refractivity contribution in [3.8, 4) is 22.5 Å². The highest BCUT2D eigenvalue weighted by atomic mass is 15.2. The molecule has 0 aliphatic heterocycles. The van der Waals surface area contributed by atoms with Gasteiger partial charge in [-0.25, -0.2) is 9.13 Å². The highest BCUT2D eigenvalue weighted by molar-refractivity contribution is 5.79. The molecule has 0 saturated heterocycles. The van der Waals surface area contributed by atoms with Crippen LogP contribution >= 0.6 is 0 Å². The fourth-order valence-corrected chi connectivity index (χ4v) is 4.12. The standard InChI is InChI=1S/C26H29N2/c1-18-12-15-23-24(16-18)27(6)25(28(23)26(3,4)5)22-17-21(14-13-19(22)2)20-10-8-7-9-11-20/h7-17H,1-6H3/q+1. The normalized spacial score (nSPS) is 11.9. The Bertz CT molecular complexity index is 1160. The Hall–Kier alpha value is -2.87. The van der Waals surface area contributed by atoms with Gasteiger partial charge in [0.15, 0.2) is 11.0 Å². The molecule has 2 heteroatoms. The van der Waals surface area contributed by atoms with E-state index >= 15 is 0 Å². The monoisotopic (exact) mass is 369 g/mol. The first-order valence-corrected chi connectivity index (χ1v) is 9.95. The summed E-state index contributed by atoms with van der Waals surface area (Å²) in [6, 6.07) is 24.2. The van der Waals surface area contributed by atoms with Crippen LogP contribution in [0.3, 0.4) is 0 Å². The lowest BCUT2D eigenvalue weighted by atomic mass is 9.98. The van der Waals surface area contributed by atoms with Crippen LogP contribution < -0.4 is 4.57 Å². The van der Waals surface area contributed by atoms with E-state index in [-0.39, 0.29) is 5.54 Å². The predicted molar refractivity (Wildman–Crippen MR) is 118 cm³/mol.